The molecule has 21 heavy (non-hydrogen) atoms. The van der Waals surface area contributed by atoms with Crippen LogP contribution in [0, 0.1) is 0 Å². The van der Waals surface area contributed by atoms with Crippen LogP contribution in [0.2, 0.25) is 5.02 Å². The van der Waals surface area contributed by atoms with Crippen molar-refractivity contribution in [3.63, 3.8) is 0 Å². The second kappa shape index (κ2) is 7.97. The molecule has 1 aromatic heterocycles. The summed E-state index contributed by atoms with van der Waals surface area (Å²) in [7, 11) is 0. The van der Waals surface area contributed by atoms with Crippen molar-refractivity contribution in [2.75, 3.05) is 6.54 Å². The minimum Gasteiger partial charge on any atom is -0.335 e. The van der Waals surface area contributed by atoms with Gasteiger partial charge in [0.25, 0.3) is 0 Å². The Bertz CT molecular complexity index is 562. The molecule has 0 aliphatic carbocycles. The van der Waals surface area contributed by atoms with Crippen LogP contribution in [0.25, 0.3) is 0 Å². The quantitative estimate of drug-likeness (QED) is 0.772. The van der Waals surface area contributed by atoms with E-state index in [0.29, 0.717) is 0 Å². The van der Waals surface area contributed by atoms with Gasteiger partial charge < -0.3 is 9.88 Å². The number of imidazole rings is 1. The largest absolute Gasteiger partial charge is 0.335 e. The number of hydrogen-bond acceptors (Lipinski definition) is 2. The van der Waals surface area contributed by atoms with Crippen molar-refractivity contribution in [2.45, 2.75) is 39.3 Å². The highest BCUT2D eigenvalue weighted by Gasteiger charge is 2.15. The second-order valence-electron chi connectivity index (χ2n) is 5.04. The smallest absolute Gasteiger partial charge is 0.110 e. The number of benzene rings is 1. The molecule has 0 bridgehead atoms. The highest BCUT2D eigenvalue weighted by atomic mass is 79.9. The lowest BCUT2D eigenvalue weighted by Crippen LogP contribution is -2.25. The summed E-state index contributed by atoms with van der Waals surface area (Å²) in [5.41, 5.74) is 1.19. The summed E-state index contributed by atoms with van der Waals surface area (Å²) in [6.07, 6.45) is 5.85. The van der Waals surface area contributed by atoms with Crippen molar-refractivity contribution in [3.05, 3.63) is 51.5 Å². The molecule has 0 aliphatic rings. The average molecular weight is 371 g/mol. The molecule has 114 valence electrons. The van der Waals surface area contributed by atoms with E-state index in [1.54, 1.807) is 0 Å². The number of aryl methyl sites for hydroxylation is 1. The average Bonchev–Trinajstić information content (AvgIpc) is 2.89. The van der Waals surface area contributed by atoms with E-state index in [0.717, 1.165) is 41.3 Å². The van der Waals surface area contributed by atoms with Crippen LogP contribution in [-0.2, 0) is 13.0 Å². The Morgan fingerprint density at radius 1 is 1.33 bits per heavy atom. The van der Waals surface area contributed by atoms with Gasteiger partial charge in [-0.15, -0.1) is 0 Å². The molecule has 0 radical (unpaired) electrons. The number of nitrogens with zero attached hydrogens (tertiary/aromatic N) is 2. The first-order chi connectivity index (χ1) is 10.1. The van der Waals surface area contributed by atoms with Crippen LogP contribution in [0.5, 0.6) is 0 Å². The SMILES string of the molecule is CCCNC(Cc1nccn1CC)c1cc(Cl)cc(Br)c1. The molecule has 3 nitrogen and oxygen atoms in total. The molecule has 0 aliphatic heterocycles. The van der Waals surface area contributed by atoms with Gasteiger partial charge in [0.05, 0.1) is 0 Å². The van der Waals surface area contributed by atoms with Crippen LogP contribution in [0.3, 0.4) is 0 Å². The number of rotatable bonds is 7. The molecule has 1 heterocycles. The first-order valence-corrected chi connectivity index (χ1v) is 8.50. The van der Waals surface area contributed by atoms with Crippen molar-refractivity contribution < 1.29 is 0 Å². The van der Waals surface area contributed by atoms with Crippen molar-refractivity contribution in [1.82, 2.24) is 14.9 Å². The molecule has 1 N–H and O–H groups in total. The molecule has 0 saturated heterocycles. The summed E-state index contributed by atoms with van der Waals surface area (Å²) in [6, 6.07) is 6.28. The topological polar surface area (TPSA) is 29.9 Å². The highest BCUT2D eigenvalue weighted by molar-refractivity contribution is 9.10. The number of hydrogen-bond donors (Lipinski definition) is 1. The van der Waals surface area contributed by atoms with Crippen LogP contribution in [0.1, 0.15) is 37.7 Å². The summed E-state index contributed by atoms with van der Waals surface area (Å²) in [5.74, 6) is 1.10. The maximum absolute atomic E-state index is 6.19. The molecule has 5 heteroatoms. The van der Waals surface area contributed by atoms with Gasteiger partial charge in [0, 0.05) is 40.9 Å². The molecule has 1 atom stereocenters. The summed E-state index contributed by atoms with van der Waals surface area (Å²) >= 11 is 9.71. The lowest BCUT2D eigenvalue weighted by Gasteiger charge is -2.20. The monoisotopic (exact) mass is 369 g/mol. The lowest BCUT2D eigenvalue weighted by molar-refractivity contribution is 0.506. The van der Waals surface area contributed by atoms with Crippen LogP contribution in [-0.4, -0.2) is 16.1 Å². The third kappa shape index (κ3) is 4.56. The van der Waals surface area contributed by atoms with Gasteiger partial charge in [-0.25, -0.2) is 4.98 Å². The van der Waals surface area contributed by atoms with Crippen LogP contribution in [0.4, 0.5) is 0 Å². The van der Waals surface area contributed by atoms with Gasteiger partial charge in [-0.2, -0.15) is 0 Å². The molecule has 0 amide bonds. The van der Waals surface area contributed by atoms with E-state index < -0.39 is 0 Å². The molecule has 2 aromatic rings. The van der Waals surface area contributed by atoms with Crippen LogP contribution >= 0.6 is 27.5 Å². The van der Waals surface area contributed by atoms with Crippen molar-refractivity contribution in [1.29, 1.82) is 0 Å². The second-order valence-corrected chi connectivity index (χ2v) is 6.40. The summed E-state index contributed by atoms with van der Waals surface area (Å²) < 4.78 is 3.19. The fraction of sp³-hybridized carbons (Fsp3) is 0.438. The van der Waals surface area contributed by atoms with E-state index in [9.17, 15) is 0 Å². The fourth-order valence-electron chi connectivity index (χ4n) is 2.40. The predicted molar refractivity (Wildman–Crippen MR) is 91.8 cm³/mol. The van der Waals surface area contributed by atoms with E-state index in [4.69, 9.17) is 11.6 Å². The fourth-order valence-corrected chi connectivity index (χ4v) is 3.29. The van der Waals surface area contributed by atoms with Gasteiger partial charge >= 0.3 is 0 Å². The third-order valence-corrected chi connectivity index (χ3v) is 4.13. The molecular formula is C16H21BrClN3. The normalized spacial score (nSPS) is 12.6. The Morgan fingerprint density at radius 3 is 2.81 bits per heavy atom. The zero-order chi connectivity index (χ0) is 15.2. The van der Waals surface area contributed by atoms with Gasteiger partial charge in [0.1, 0.15) is 5.82 Å². The molecule has 0 saturated carbocycles. The predicted octanol–water partition coefficient (Wildman–Crippen LogP) is 4.60. The molecule has 2 rings (SSSR count). The lowest BCUT2D eigenvalue weighted by atomic mass is 10.0. The first kappa shape index (κ1) is 16.5. The Kier molecular flexibility index (Phi) is 6.27. The van der Waals surface area contributed by atoms with E-state index in [2.05, 4.69) is 50.7 Å². The maximum atomic E-state index is 6.19. The van der Waals surface area contributed by atoms with Gasteiger partial charge in [-0.05, 0) is 43.7 Å². The Morgan fingerprint density at radius 2 is 2.14 bits per heavy atom. The van der Waals surface area contributed by atoms with Crippen molar-refractivity contribution in [2.24, 2.45) is 0 Å². The summed E-state index contributed by atoms with van der Waals surface area (Å²) in [6.45, 7) is 6.22. The van der Waals surface area contributed by atoms with E-state index in [1.807, 2.05) is 24.5 Å². The maximum Gasteiger partial charge on any atom is 0.110 e. The minimum atomic E-state index is 0.215. The zero-order valence-corrected chi connectivity index (χ0v) is 14.8. The van der Waals surface area contributed by atoms with E-state index in [1.165, 1.54) is 5.56 Å². The Balaban J connectivity index is 2.25. The molecular weight excluding hydrogens is 350 g/mol. The number of aromatic nitrogens is 2. The van der Waals surface area contributed by atoms with Crippen molar-refractivity contribution >= 4 is 27.5 Å². The molecule has 1 unspecified atom stereocenters. The van der Waals surface area contributed by atoms with Gasteiger partial charge in [-0.3, -0.25) is 0 Å². The highest BCUT2D eigenvalue weighted by Crippen LogP contribution is 2.26. The minimum absolute atomic E-state index is 0.215. The van der Waals surface area contributed by atoms with Crippen LogP contribution in [0.15, 0.2) is 35.1 Å². The standard InChI is InChI=1S/C16H21BrClN3/c1-3-5-19-15(11-16-20-6-7-21(16)4-2)12-8-13(17)10-14(18)9-12/h6-10,15,19H,3-5,11H2,1-2H3. The van der Waals surface area contributed by atoms with Gasteiger partial charge in [0.2, 0.25) is 0 Å². The first-order valence-electron chi connectivity index (χ1n) is 7.33. The molecule has 1 aromatic carbocycles. The summed E-state index contributed by atoms with van der Waals surface area (Å²) in [5, 5.41) is 4.35. The Hall–Kier alpha value is -0.840. The molecule has 0 fully saturated rings. The third-order valence-electron chi connectivity index (χ3n) is 3.46. The zero-order valence-electron chi connectivity index (χ0n) is 12.4. The van der Waals surface area contributed by atoms with Crippen LogP contribution < -0.4 is 5.32 Å². The number of halogens is 2. The summed E-state index contributed by atoms with van der Waals surface area (Å²) in [4.78, 5) is 4.48. The van der Waals surface area contributed by atoms with Crippen molar-refractivity contribution in [3.8, 4) is 0 Å². The van der Waals surface area contributed by atoms with Gasteiger partial charge in [-0.1, -0.05) is 34.5 Å². The Labute approximate surface area is 139 Å². The van der Waals surface area contributed by atoms with E-state index in [-0.39, 0.29) is 6.04 Å². The van der Waals surface area contributed by atoms with E-state index >= 15 is 0 Å². The molecule has 0 spiro atoms. The van der Waals surface area contributed by atoms with Gasteiger partial charge in [0.15, 0.2) is 0 Å². The number of nitrogens with one attached hydrogen (secondary N) is 1.